The van der Waals surface area contributed by atoms with Gasteiger partial charge in [-0.25, -0.2) is 4.79 Å². The van der Waals surface area contributed by atoms with Crippen molar-refractivity contribution in [1.82, 2.24) is 0 Å². The van der Waals surface area contributed by atoms with Crippen molar-refractivity contribution in [2.24, 2.45) is 0 Å². The van der Waals surface area contributed by atoms with Gasteiger partial charge < -0.3 is 9.15 Å². The predicted molar refractivity (Wildman–Crippen MR) is 71.9 cm³/mol. The Morgan fingerprint density at radius 2 is 2.14 bits per heavy atom. The summed E-state index contributed by atoms with van der Waals surface area (Å²) in [6.07, 6.45) is 1.46. The number of carbonyl (C=O) groups is 1. The van der Waals surface area contributed by atoms with Crippen LogP contribution in [0.25, 0.3) is 10.4 Å². The number of nitrogens with zero attached hydrogens (tertiary/aromatic N) is 3. The molecule has 0 aliphatic heterocycles. The van der Waals surface area contributed by atoms with Crippen LogP contribution in [0, 0.1) is 16.2 Å². The normalized spacial score (nSPS) is 9.33. The third kappa shape index (κ3) is 4.36. The van der Waals surface area contributed by atoms with Crippen LogP contribution in [0.1, 0.15) is 5.76 Å². The molecule has 2 aromatic rings. The lowest BCUT2D eigenvalue weighted by molar-refractivity contribution is -0.384. The molecule has 8 nitrogen and oxygen atoms in total. The largest absolute Gasteiger partial charge is 0.466 e. The third-order valence-corrected chi connectivity index (χ3v) is 2.29. The first-order chi connectivity index (χ1) is 10.1. The SMILES string of the molecule is O=C(C#[N+][N-]c1ccc([N+](=O)[O-])cc1)OCc1ccco1. The minimum Gasteiger partial charge on any atom is -0.466 e. The molecule has 0 radical (unpaired) electrons. The van der Waals surface area contributed by atoms with E-state index >= 15 is 0 Å². The maximum Gasteiger partial charge on any atom is 0.460 e. The first kappa shape index (κ1) is 14.1. The maximum atomic E-state index is 11.3. The molecular formula is C13H9N3O5. The lowest BCUT2D eigenvalue weighted by Gasteiger charge is -1.99. The van der Waals surface area contributed by atoms with Crippen LogP contribution in [0.15, 0.2) is 47.1 Å². The second kappa shape index (κ2) is 6.72. The van der Waals surface area contributed by atoms with Gasteiger partial charge in [0.15, 0.2) is 6.61 Å². The van der Waals surface area contributed by atoms with Crippen LogP contribution >= 0.6 is 0 Å². The molecule has 0 fully saturated rings. The van der Waals surface area contributed by atoms with E-state index < -0.39 is 10.9 Å². The highest BCUT2D eigenvalue weighted by Crippen LogP contribution is 2.21. The highest BCUT2D eigenvalue weighted by atomic mass is 16.6. The Hall–Kier alpha value is -3.34. The fourth-order valence-corrected chi connectivity index (χ4v) is 1.33. The second-order valence-corrected chi connectivity index (χ2v) is 3.74. The highest BCUT2D eigenvalue weighted by Gasteiger charge is 2.06. The Bertz CT molecular complexity index is 683. The van der Waals surface area contributed by atoms with Crippen molar-refractivity contribution in [3.8, 4) is 6.07 Å². The van der Waals surface area contributed by atoms with Crippen LogP contribution in [-0.4, -0.2) is 10.9 Å². The Labute approximate surface area is 118 Å². The van der Waals surface area contributed by atoms with Gasteiger partial charge in [-0.2, -0.15) is 0 Å². The van der Waals surface area contributed by atoms with Crippen LogP contribution in [0.3, 0.4) is 0 Å². The summed E-state index contributed by atoms with van der Waals surface area (Å²) in [5.41, 5.74) is 3.96. The molecular weight excluding hydrogens is 278 g/mol. The fraction of sp³-hybridized carbons (Fsp3) is 0.0769. The van der Waals surface area contributed by atoms with Gasteiger partial charge in [-0.05, 0) is 12.1 Å². The van der Waals surface area contributed by atoms with E-state index in [1.165, 1.54) is 30.5 Å². The lowest BCUT2D eigenvalue weighted by atomic mass is 10.3. The zero-order valence-electron chi connectivity index (χ0n) is 10.6. The Kier molecular flexibility index (Phi) is 4.50. The highest BCUT2D eigenvalue weighted by molar-refractivity contribution is 5.87. The first-order valence-electron chi connectivity index (χ1n) is 5.75. The number of ether oxygens (including phenoxy) is 1. The van der Waals surface area contributed by atoms with Gasteiger partial charge in [0, 0.05) is 12.1 Å². The molecule has 8 heteroatoms. The van der Waals surface area contributed by atoms with E-state index in [9.17, 15) is 14.9 Å². The molecule has 0 spiro atoms. The summed E-state index contributed by atoms with van der Waals surface area (Å²) >= 11 is 0. The minimum absolute atomic E-state index is 0.0219. The quantitative estimate of drug-likeness (QED) is 0.372. The van der Waals surface area contributed by atoms with Crippen molar-refractivity contribution in [3.05, 3.63) is 68.9 Å². The van der Waals surface area contributed by atoms with E-state index in [2.05, 4.69) is 16.4 Å². The topological polar surface area (TPSA) is 101 Å². The van der Waals surface area contributed by atoms with E-state index in [0.29, 0.717) is 11.4 Å². The fourth-order valence-electron chi connectivity index (χ4n) is 1.33. The number of non-ortho nitro benzene ring substituents is 1. The number of benzene rings is 1. The van der Waals surface area contributed by atoms with Gasteiger partial charge in [-0.3, -0.25) is 15.5 Å². The minimum atomic E-state index is -0.794. The molecule has 0 amide bonds. The number of nitro benzene ring substituents is 1. The second-order valence-electron chi connectivity index (χ2n) is 3.74. The van der Waals surface area contributed by atoms with Crippen LogP contribution in [0.2, 0.25) is 0 Å². The average molecular weight is 287 g/mol. The van der Waals surface area contributed by atoms with Gasteiger partial charge in [0.1, 0.15) is 5.76 Å². The number of hydrogen-bond acceptors (Lipinski definition) is 5. The smallest absolute Gasteiger partial charge is 0.460 e. The molecule has 0 atom stereocenters. The average Bonchev–Trinajstić information content (AvgIpc) is 2.99. The van der Waals surface area contributed by atoms with Crippen LogP contribution < -0.4 is 0 Å². The molecule has 2 rings (SSSR count). The van der Waals surface area contributed by atoms with Gasteiger partial charge in [0.2, 0.25) is 0 Å². The van der Waals surface area contributed by atoms with Crippen molar-refractivity contribution in [1.29, 1.82) is 0 Å². The van der Waals surface area contributed by atoms with E-state index in [1.807, 2.05) is 0 Å². The molecule has 0 saturated carbocycles. The molecule has 1 aromatic heterocycles. The predicted octanol–water partition coefficient (Wildman–Crippen LogP) is 3.18. The third-order valence-electron chi connectivity index (χ3n) is 2.29. The molecule has 0 aliphatic rings. The van der Waals surface area contributed by atoms with E-state index in [4.69, 9.17) is 9.15 Å². The monoisotopic (exact) mass is 287 g/mol. The first-order valence-corrected chi connectivity index (χ1v) is 5.75. The van der Waals surface area contributed by atoms with Crippen LogP contribution in [0.5, 0.6) is 0 Å². The van der Waals surface area contributed by atoms with E-state index in [1.54, 1.807) is 12.1 Å². The van der Waals surface area contributed by atoms with E-state index in [-0.39, 0.29) is 12.3 Å². The molecule has 1 aromatic carbocycles. The van der Waals surface area contributed by atoms with Crippen LogP contribution in [0.4, 0.5) is 11.4 Å². The van der Waals surface area contributed by atoms with E-state index in [0.717, 1.165) is 0 Å². The van der Waals surface area contributed by atoms with Crippen molar-refractivity contribution in [2.45, 2.75) is 6.61 Å². The molecule has 0 aliphatic carbocycles. The summed E-state index contributed by atoms with van der Waals surface area (Å²) in [6, 6.07) is 10.7. The number of rotatable bonds is 4. The Morgan fingerprint density at radius 1 is 1.38 bits per heavy atom. The number of carbonyl (C=O) groups excluding carboxylic acids is 1. The van der Waals surface area contributed by atoms with Crippen molar-refractivity contribution >= 4 is 17.3 Å². The number of esters is 1. The zero-order valence-corrected chi connectivity index (χ0v) is 10.6. The van der Waals surface area contributed by atoms with Gasteiger partial charge in [-0.15, -0.1) is 0 Å². The maximum absolute atomic E-state index is 11.3. The summed E-state index contributed by atoms with van der Waals surface area (Å²) in [6.45, 7) is -0.0219. The zero-order chi connectivity index (χ0) is 15.1. The molecule has 106 valence electrons. The summed E-state index contributed by atoms with van der Waals surface area (Å²) in [5.74, 6) is -0.297. The Morgan fingerprint density at radius 3 is 2.76 bits per heavy atom. The number of hydrogen-bond donors (Lipinski definition) is 0. The molecule has 0 N–H and O–H groups in total. The lowest BCUT2D eigenvalue weighted by Crippen LogP contribution is -1.99. The number of furan rings is 1. The standard InChI is InChI=1S/C13H9N3O5/c17-13(21-9-12-2-1-7-20-12)8-14-15-10-3-5-11(6-4-10)16(18)19/h1-7H,9H2. The summed E-state index contributed by atoms with van der Waals surface area (Å²) in [4.78, 5) is 24.6. The van der Waals surface area contributed by atoms with Crippen molar-refractivity contribution in [3.63, 3.8) is 0 Å². The van der Waals surface area contributed by atoms with Gasteiger partial charge in [0.25, 0.3) is 5.69 Å². The van der Waals surface area contributed by atoms with Gasteiger partial charge >= 0.3 is 12.0 Å². The molecule has 0 unspecified atom stereocenters. The number of nitro groups is 1. The molecule has 0 saturated heterocycles. The summed E-state index contributed by atoms with van der Waals surface area (Å²) < 4.78 is 9.76. The Balaban J connectivity index is 1.82. The van der Waals surface area contributed by atoms with Crippen molar-refractivity contribution < 1.29 is 18.9 Å². The van der Waals surface area contributed by atoms with Crippen molar-refractivity contribution in [2.75, 3.05) is 0 Å². The molecule has 1 heterocycles. The van der Waals surface area contributed by atoms with Crippen LogP contribution in [-0.2, 0) is 16.1 Å². The van der Waals surface area contributed by atoms with Gasteiger partial charge in [-0.1, -0.05) is 22.8 Å². The van der Waals surface area contributed by atoms with Gasteiger partial charge in [0.05, 0.1) is 11.2 Å². The summed E-state index contributed by atoms with van der Waals surface area (Å²) in [5, 5.41) is 10.5. The molecule has 21 heavy (non-hydrogen) atoms. The molecule has 0 bridgehead atoms. The summed E-state index contributed by atoms with van der Waals surface area (Å²) in [7, 11) is 0.